The van der Waals surface area contributed by atoms with Gasteiger partial charge in [0.25, 0.3) is 5.56 Å². The summed E-state index contributed by atoms with van der Waals surface area (Å²) in [6.07, 6.45) is 6.60. The third-order valence-corrected chi connectivity index (χ3v) is 6.73. The monoisotopic (exact) mass is 485 g/mol. The molecule has 0 radical (unpaired) electrons. The summed E-state index contributed by atoms with van der Waals surface area (Å²) in [5, 5.41) is 6.79. The van der Waals surface area contributed by atoms with Crippen molar-refractivity contribution in [3.63, 3.8) is 0 Å². The van der Waals surface area contributed by atoms with E-state index in [-0.39, 0.29) is 11.4 Å². The molecule has 0 bridgehead atoms. The average Bonchev–Trinajstić information content (AvgIpc) is 3.45. The van der Waals surface area contributed by atoms with Crippen molar-refractivity contribution in [2.24, 2.45) is 0 Å². The molecule has 1 N–H and O–H groups in total. The number of benzene rings is 2. The largest absolute Gasteiger partial charge is 0.361 e. The minimum Gasteiger partial charge on any atom is -0.361 e. The zero-order valence-electron chi connectivity index (χ0n) is 18.9. The van der Waals surface area contributed by atoms with Crippen molar-refractivity contribution in [2.45, 2.75) is 26.3 Å². The van der Waals surface area contributed by atoms with Gasteiger partial charge in [0.15, 0.2) is 5.65 Å². The van der Waals surface area contributed by atoms with E-state index in [4.69, 9.17) is 16.7 Å². The van der Waals surface area contributed by atoms with Crippen LogP contribution in [-0.2, 0) is 19.4 Å². The second kappa shape index (κ2) is 8.36. The number of rotatable bonds is 5. The van der Waals surface area contributed by atoms with Gasteiger partial charge in [0, 0.05) is 46.6 Å². The molecular formula is C27H21ClFN5O. The van der Waals surface area contributed by atoms with Crippen LogP contribution in [-0.4, -0.2) is 24.1 Å². The van der Waals surface area contributed by atoms with Crippen LogP contribution in [0.3, 0.4) is 0 Å². The van der Waals surface area contributed by atoms with Crippen molar-refractivity contribution in [3.8, 4) is 11.1 Å². The lowest BCUT2D eigenvalue weighted by Crippen LogP contribution is -2.21. The summed E-state index contributed by atoms with van der Waals surface area (Å²) in [6.45, 7) is 2.51. The molecule has 0 aliphatic heterocycles. The van der Waals surface area contributed by atoms with Crippen molar-refractivity contribution in [1.29, 1.82) is 0 Å². The first-order chi connectivity index (χ1) is 17.0. The highest BCUT2D eigenvalue weighted by Crippen LogP contribution is 2.30. The van der Waals surface area contributed by atoms with E-state index in [1.54, 1.807) is 27.5 Å². The lowest BCUT2D eigenvalue weighted by Gasteiger charge is -2.08. The lowest BCUT2D eigenvalue weighted by atomic mass is 10.0. The molecule has 0 amide bonds. The van der Waals surface area contributed by atoms with Crippen LogP contribution in [0.2, 0.25) is 5.02 Å². The van der Waals surface area contributed by atoms with E-state index in [0.717, 1.165) is 39.7 Å². The quantitative estimate of drug-likeness (QED) is 0.336. The summed E-state index contributed by atoms with van der Waals surface area (Å²) in [4.78, 5) is 21.1. The first-order valence-corrected chi connectivity index (χ1v) is 11.8. The van der Waals surface area contributed by atoms with Crippen LogP contribution in [0, 0.1) is 5.82 Å². The van der Waals surface area contributed by atoms with Crippen LogP contribution in [0.25, 0.3) is 38.6 Å². The number of nitrogens with zero attached hydrogens (tertiary/aromatic N) is 4. The molecule has 6 aromatic rings. The highest BCUT2D eigenvalue weighted by molar-refractivity contribution is 6.30. The van der Waals surface area contributed by atoms with Gasteiger partial charge in [-0.05, 0) is 60.4 Å². The molecule has 0 spiro atoms. The third-order valence-electron chi connectivity index (χ3n) is 6.48. The third kappa shape index (κ3) is 3.59. The zero-order chi connectivity index (χ0) is 24.1. The minimum absolute atomic E-state index is 0.135. The molecule has 0 unspecified atom stereocenters. The second-order valence-electron chi connectivity index (χ2n) is 8.54. The van der Waals surface area contributed by atoms with Crippen molar-refractivity contribution in [1.82, 2.24) is 24.1 Å². The van der Waals surface area contributed by atoms with Gasteiger partial charge < -0.3 is 9.55 Å². The molecule has 0 saturated heterocycles. The maximum Gasteiger partial charge on any atom is 0.261 e. The number of fused-ring (bicyclic) bond motifs is 4. The molecular weight excluding hydrogens is 465 g/mol. The standard InChI is InChI=1S/C27H21ClFN5O/c1-2-22-25(16-3-5-18(28)6-4-16)26-31-15-21-24(34(26)32-22)10-12-33(27(21)35)11-9-17-14-30-23-8-7-19(29)13-20(17)23/h3-8,10,12-15,30H,2,9,11H2,1H3. The summed E-state index contributed by atoms with van der Waals surface area (Å²) in [6, 6.07) is 14.2. The van der Waals surface area contributed by atoms with Crippen LogP contribution in [0.15, 0.2) is 71.9 Å². The Morgan fingerprint density at radius 3 is 2.71 bits per heavy atom. The van der Waals surface area contributed by atoms with E-state index >= 15 is 0 Å². The van der Waals surface area contributed by atoms with Gasteiger partial charge in [-0.1, -0.05) is 30.7 Å². The van der Waals surface area contributed by atoms with Gasteiger partial charge in [0.2, 0.25) is 0 Å². The van der Waals surface area contributed by atoms with E-state index in [9.17, 15) is 9.18 Å². The molecule has 0 atom stereocenters. The highest BCUT2D eigenvalue weighted by atomic mass is 35.5. The van der Waals surface area contributed by atoms with Crippen molar-refractivity contribution >= 4 is 39.1 Å². The first kappa shape index (κ1) is 21.6. The molecule has 8 heteroatoms. The Balaban J connectivity index is 1.41. The van der Waals surface area contributed by atoms with Crippen molar-refractivity contribution in [3.05, 3.63) is 99.6 Å². The number of aromatic amines is 1. The minimum atomic E-state index is -0.278. The Bertz CT molecular complexity index is 1780. The Hall–Kier alpha value is -3.97. The van der Waals surface area contributed by atoms with Gasteiger partial charge >= 0.3 is 0 Å². The Labute approximate surface area is 204 Å². The molecule has 0 fully saturated rings. The summed E-state index contributed by atoms with van der Waals surface area (Å²) >= 11 is 6.08. The summed E-state index contributed by atoms with van der Waals surface area (Å²) in [5.74, 6) is -0.278. The molecule has 4 heterocycles. The van der Waals surface area contributed by atoms with Crippen molar-refractivity contribution < 1.29 is 4.39 Å². The van der Waals surface area contributed by atoms with Crippen molar-refractivity contribution in [2.75, 3.05) is 0 Å². The molecule has 2 aromatic carbocycles. The lowest BCUT2D eigenvalue weighted by molar-refractivity contribution is 0.629. The smallest absolute Gasteiger partial charge is 0.261 e. The van der Waals surface area contributed by atoms with Gasteiger partial charge in [0.05, 0.1) is 16.6 Å². The maximum absolute atomic E-state index is 13.7. The number of aromatic nitrogens is 5. The molecule has 174 valence electrons. The maximum atomic E-state index is 13.7. The fourth-order valence-corrected chi connectivity index (χ4v) is 4.81. The van der Waals surface area contributed by atoms with Gasteiger partial charge in [-0.3, -0.25) is 4.79 Å². The van der Waals surface area contributed by atoms with E-state index < -0.39 is 0 Å². The molecule has 0 aliphatic rings. The molecule has 0 saturated carbocycles. The number of halogens is 2. The van der Waals surface area contributed by atoms with E-state index in [2.05, 4.69) is 9.97 Å². The fraction of sp³-hybridized carbons (Fsp3) is 0.148. The first-order valence-electron chi connectivity index (χ1n) is 11.4. The average molecular weight is 486 g/mol. The topological polar surface area (TPSA) is 68.0 Å². The highest BCUT2D eigenvalue weighted by Gasteiger charge is 2.18. The normalized spacial score (nSPS) is 11.7. The van der Waals surface area contributed by atoms with Crippen LogP contribution >= 0.6 is 11.6 Å². The predicted octanol–water partition coefficient (Wildman–Crippen LogP) is 5.79. The Morgan fingerprint density at radius 2 is 1.91 bits per heavy atom. The molecule has 6 nitrogen and oxygen atoms in total. The van der Waals surface area contributed by atoms with Crippen LogP contribution in [0.4, 0.5) is 4.39 Å². The second-order valence-corrected chi connectivity index (χ2v) is 8.98. The number of H-pyrrole nitrogens is 1. The fourth-order valence-electron chi connectivity index (χ4n) is 4.69. The van der Waals surface area contributed by atoms with E-state index in [1.807, 2.05) is 43.5 Å². The SMILES string of the molecule is CCc1nn2c(ncc3c(=O)n(CCc4c[nH]c5ccc(F)cc45)ccc32)c1-c1ccc(Cl)cc1. The molecule has 4 aromatic heterocycles. The van der Waals surface area contributed by atoms with Gasteiger partial charge in [-0.15, -0.1) is 0 Å². The van der Waals surface area contributed by atoms with E-state index in [0.29, 0.717) is 34.5 Å². The summed E-state index contributed by atoms with van der Waals surface area (Å²) < 4.78 is 17.1. The Kier molecular flexibility index (Phi) is 5.15. The number of hydrogen-bond donors (Lipinski definition) is 1. The predicted molar refractivity (Wildman–Crippen MR) is 137 cm³/mol. The number of pyridine rings is 1. The van der Waals surface area contributed by atoms with Gasteiger partial charge in [0.1, 0.15) is 5.82 Å². The van der Waals surface area contributed by atoms with Gasteiger partial charge in [-0.2, -0.15) is 5.10 Å². The van der Waals surface area contributed by atoms with Crippen LogP contribution < -0.4 is 5.56 Å². The number of aryl methyl sites for hydroxylation is 3. The van der Waals surface area contributed by atoms with Crippen LogP contribution in [0.5, 0.6) is 0 Å². The molecule has 0 aliphatic carbocycles. The summed E-state index contributed by atoms with van der Waals surface area (Å²) in [5.41, 5.74) is 5.95. The van der Waals surface area contributed by atoms with Crippen LogP contribution in [0.1, 0.15) is 18.2 Å². The zero-order valence-corrected chi connectivity index (χ0v) is 19.7. The van der Waals surface area contributed by atoms with Gasteiger partial charge in [-0.25, -0.2) is 13.9 Å². The number of nitrogens with one attached hydrogen (secondary N) is 1. The molecule has 35 heavy (non-hydrogen) atoms. The summed E-state index contributed by atoms with van der Waals surface area (Å²) in [7, 11) is 0. The number of hydrogen-bond acceptors (Lipinski definition) is 3. The van der Waals surface area contributed by atoms with E-state index in [1.165, 1.54) is 12.1 Å². The molecule has 6 rings (SSSR count). The Morgan fingerprint density at radius 1 is 1.09 bits per heavy atom.